The molecule has 1 aliphatic rings. The number of hydrogen-bond donors (Lipinski definition) is 0. The van der Waals surface area contributed by atoms with Gasteiger partial charge in [0, 0.05) is 0 Å². The molecule has 3 nitrogen and oxygen atoms in total. The summed E-state index contributed by atoms with van der Waals surface area (Å²) in [6.07, 6.45) is 16.3. The fraction of sp³-hybridized carbons (Fsp3) is 0.696. The van der Waals surface area contributed by atoms with Gasteiger partial charge in [-0.05, 0) is 37.8 Å². The second-order valence-corrected chi connectivity index (χ2v) is 7.47. The molecule has 1 aromatic rings. The van der Waals surface area contributed by atoms with Crippen molar-refractivity contribution in [2.24, 2.45) is 0 Å². The lowest BCUT2D eigenvalue weighted by Crippen LogP contribution is -2.06. The average Bonchev–Trinajstić information content (AvgIpc) is 3.42. The van der Waals surface area contributed by atoms with Crippen molar-refractivity contribution in [3.8, 4) is 0 Å². The van der Waals surface area contributed by atoms with E-state index in [1.807, 2.05) is 18.2 Å². The van der Waals surface area contributed by atoms with E-state index in [1.165, 1.54) is 57.8 Å². The van der Waals surface area contributed by atoms with Crippen LogP contribution < -0.4 is 0 Å². The molecule has 2 atom stereocenters. The first-order valence-electron chi connectivity index (χ1n) is 10.7. The Balaban J connectivity index is 1.36. The van der Waals surface area contributed by atoms with Crippen molar-refractivity contribution in [3.05, 3.63) is 35.9 Å². The zero-order valence-electron chi connectivity index (χ0n) is 16.5. The van der Waals surface area contributed by atoms with Gasteiger partial charge in [0.1, 0.15) is 0 Å². The quantitative estimate of drug-likeness (QED) is 0.209. The first kappa shape index (κ1) is 21.0. The summed E-state index contributed by atoms with van der Waals surface area (Å²) in [7, 11) is 0. The van der Waals surface area contributed by atoms with Crippen molar-refractivity contribution in [1.82, 2.24) is 0 Å². The highest BCUT2D eigenvalue weighted by molar-refractivity contribution is 5.89. The monoisotopic (exact) mass is 360 g/mol. The third-order valence-electron chi connectivity index (χ3n) is 5.16. The molecule has 1 saturated heterocycles. The summed E-state index contributed by atoms with van der Waals surface area (Å²) in [6.45, 7) is 2.77. The van der Waals surface area contributed by atoms with E-state index < -0.39 is 0 Å². The van der Waals surface area contributed by atoms with Crippen LogP contribution in [0.3, 0.4) is 0 Å². The highest BCUT2D eigenvalue weighted by Gasteiger charge is 2.36. The van der Waals surface area contributed by atoms with E-state index in [0.29, 0.717) is 24.4 Å². The molecule has 0 aromatic heterocycles. The summed E-state index contributed by atoms with van der Waals surface area (Å²) in [5.41, 5.74) is 0.628. The van der Waals surface area contributed by atoms with Gasteiger partial charge in [-0.3, -0.25) is 0 Å². The van der Waals surface area contributed by atoms with Crippen LogP contribution in [0.15, 0.2) is 30.3 Å². The minimum atomic E-state index is -0.221. The smallest absolute Gasteiger partial charge is 0.338 e. The van der Waals surface area contributed by atoms with Gasteiger partial charge < -0.3 is 9.47 Å². The average molecular weight is 361 g/mol. The van der Waals surface area contributed by atoms with Crippen LogP contribution in [0.5, 0.6) is 0 Å². The zero-order chi connectivity index (χ0) is 18.5. The maximum absolute atomic E-state index is 11.8. The van der Waals surface area contributed by atoms with Gasteiger partial charge >= 0.3 is 5.97 Å². The number of hydrogen-bond acceptors (Lipinski definition) is 3. The Hall–Kier alpha value is -1.35. The van der Waals surface area contributed by atoms with Gasteiger partial charge in [0.15, 0.2) is 0 Å². The molecular formula is C23H36O3. The lowest BCUT2D eigenvalue weighted by molar-refractivity contribution is 0.0497. The standard InChI is InChI=1S/C23H36O3/c1-2-3-4-5-6-7-8-12-17-21-22(26-21)18-13-14-19-25-23(24)20-15-10-9-11-16-20/h9-11,15-16,21-22H,2-8,12-14,17-19H2,1H3. The molecule has 0 radical (unpaired) electrons. The van der Waals surface area contributed by atoms with Crippen molar-refractivity contribution in [2.75, 3.05) is 6.61 Å². The maximum atomic E-state index is 11.8. The molecule has 26 heavy (non-hydrogen) atoms. The summed E-state index contributed by atoms with van der Waals surface area (Å²) in [5.74, 6) is -0.221. The van der Waals surface area contributed by atoms with Gasteiger partial charge in [0.05, 0.1) is 24.4 Å². The summed E-state index contributed by atoms with van der Waals surface area (Å²) in [6, 6.07) is 9.18. The molecule has 2 rings (SSSR count). The molecule has 0 N–H and O–H groups in total. The second-order valence-electron chi connectivity index (χ2n) is 7.47. The largest absolute Gasteiger partial charge is 0.462 e. The Bertz CT molecular complexity index is 485. The molecular weight excluding hydrogens is 324 g/mol. The minimum Gasteiger partial charge on any atom is -0.462 e. The minimum absolute atomic E-state index is 0.221. The predicted octanol–water partition coefficient (Wildman–Crippen LogP) is 6.31. The van der Waals surface area contributed by atoms with Gasteiger partial charge in [0.2, 0.25) is 0 Å². The lowest BCUT2D eigenvalue weighted by atomic mass is 10.0. The summed E-state index contributed by atoms with van der Waals surface area (Å²) in [5, 5.41) is 0. The molecule has 0 spiro atoms. The molecule has 0 bridgehead atoms. The number of benzene rings is 1. The van der Waals surface area contributed by atoms with Crippen LogP contribution in [0, 0.1) is 0 Å². The Morgan fingerprint density at radius 3 is 2.08 bits per heavy atom. The zero-order valence-corrected chi connectivity index (χ0v) is 16.5. The van der Waals surface area contributed by atoms with Gasteiger partial charge in [-0.25, -0.2) is 4.79 Å². The number of unbranched alkanes of at least 4 members (excludes halogenated alkanes) is 8. The summed E-state index contributed by atoms with van der Waals surface area (Å²) in [4.78, 5) is 11.8. The Kier molecular flexibility index (Phi) is 10.4. The molecule has 146 valence electrons. The third-order valence-corrected chi connectivity index (χ3v) is 5.16. The Morgan fingerprint density at radius 2 is 1.42 bits per heavy atom. The topological polar surface area (TPSA) is 38.8 Å². The second kappa shape index (κ2) is 12.9. The first-order valence-corrected chi connectivity index (χ1v) is 10.7. The Labute approximate surface area is 159 Å². The highest BCUT2D eigenvalue weighted by Crippen LogP contribution is 2.31. The van der Waals surface area contributed by atoms with Gasteiger partial charge in [-0.15, -0.1) is 0 Å². The maximum Gasteiger partial charge on any atom is 0.338 e. The van der Waals surface area contributed by atoms with Crippen LogP contribution in [0.4, 0.5) is 0 Å². The van der Waals surface area contributed by atoms with Crippen LogP contribution in [0.1, 0.15) is 94.3 Å². The molecule has 3 heteroatoms. The van der Waals surface area contributed by atoms with Crippen molar-refractivity contribution >= 4 is 5.97 Å². The SMILES string of the molecule is CCCCCCCCCCC1OC1CCCCOC(=O)c1ccccc1. The molecule has 0 aliphatic carbocycles. The number of carbonyl (C=O) groups is 1. The normalized spacial score (nSPS) is 18.7. The van der Waals surface area contributed by atoms with Crippen molar-refractivity contribution in [2.45, 2.75) is 96.2 Å². The lowest BCUT2D eigenvalue weighted by Gasteiger charge is -2.04. The molecule has 0 amide bonds. The van der Waals surface area contributed by atoms with E-state index >= 15 is 0 Å². The Morgan fingerprint density at radius 1 is 0.846 bits per heavy atom. The van der Waals surface area contributed by atoms with Gasteiger partial charge in [-0.2, -0.15) is 0 Å². The summed E-state index contributed by atoms with van der Waals surface area (Å²) < 4.78 is 11.1. The van der Waals surface area contributed by atoms with Crippen LogP contribution in [0.25, 0.3) is 0 Å². The molecule has 1 fully saturated rings. The van der Waals surface area contributed by atoms with Crippen LogP contribution in [-0.4, -0.2) is 24.8 Å². The van der Waals surface area contributed by atoms with Crippen LogP contribution in [0.2, 0.25) is 0 Å². The van der Waals surface area contributed by atoms with Crippen molar-refractivity contribution < 1.29 is 14.3 Å². The van der Waals surface area contributed by atoms with E-state index in [4.69, 9.17) is 9.47 Å². The van der Waals surface area contributed by atoms with Crippen molar-refractivity contribution in [1.29, 1.82) is 0 Å². The number of esters is 1. The van der Waals surface area contributed by atoms with E-state index in [0.717, 1.165) is 19.3 Å². The predicted molar refractivity (Wildman–Crippen MR) is 106 cm³/mol. The molecule has 2 unspecified atom stereocenters. The third kappa shape index (κ3) is 8.84. The molecule has 1 aliphatic heterocycles. The molecule has 0 saturated carbocycles. The number of carbonyl (C=O) groups excluding carboxylic acids is 1. The molecule has 1 aromatic carbocycles. The van der Waals surface area contributed by atoms with E-state index in [-0.39, 0.29) is 5.97 Å². The fourth-order valence-corrected chi connectivity index (χ4v) is 3.44. The highest BCUT2D eigenvalue weighted by atomic mass is 16.6. The van der Waals surface area contributed by atoms with Crippen molar-refractivity contribution in [3.63, 3.8) is 0 Å². The van der Waals surface area contributed by atoms with Gasteiger partial charge in [0.25, 0.3) is 0 Å². The van der Waals surface area contributed by atoms with Crippen LogP contribution >= 0.6 is 0 Å². The van der Waals surface area contributed by atoms with Crippen LogP contribution in [-0.2, 0) is 9.47 Å². The first-order chi connectivity index (χ1) is 12.8. The fourth-order valence-electron chi connectivity index (χ4n) is 3.44. The number of ether oxygens (including phenoxy) is 2. The molecule has 1 heterocycles. The number of rotatable bonds is 15. The van der Waals surface area contributed by atoms with E-state index in [1.54, 1.807) is 12.1 Å². The van der Waals surface area contributed by atoms with Gasteiger partial charge in [-0.1, -0.05) is 76.5 Å². The summed E-state index contributed by atoms with van der Waals surface area (Å²) >= 11 is 0. The number of epoxide rings is 1. The van der Waals surface area contributed by atoms with E-state index in [9.17, 15) is 4.79 Å². The van der Waals surface area contributed by atoms with E-state index in [2.05, 4.69) is 6.92 Å².